The molecule has 3 nitrogen and oxygen atoms in total. The molecule has 0 bridgehead atoms. The maximum Gasteiger partial charge on any atom is 0.163 e. The van der Waals surface area contributed by atoms with Crippen molar-refractivity contribution in [3.05, 3.63) is 70.6 Å². The fourth-order valence-corrected chi connectivity index (χ4v) is 2.28. The van der Waals surface area contributed by atoms with Crippen molar-refractivity contribution in [3.63, 3.8) is 0 Å². The molecule has 6 heteroatoms. The van der Waals surface area contributed by atoms with Crippen LogP contribution in [0.15, 0.2) is 54.6 Å². The lowest BCUT2D eigenvalue weighted by Crippen LogP contribution is -1.98. The van der Waals surface area contributed by atoms with E-state index in [-0.39, 0.29) is 11.0 Å². The zero-order valence-corrected chi connectivity index (χ0v) is 12.7. The third-order valence-electron chi connectivity index (χ3n) is 2.93. The van der Waals surface area contributed by atoms with Crippen LogP contribution in [0.5, 0.6) is 0 Å². The summed E-state index contributed by atoms with van der Waals surface area (Å²) in [4.78, 5) is 8.54. The first-order chi connectivity index (χ1) is 10.6. The average Bonchev–Trinajstić information content (AvgIpc) is 2.50. The molecule has 0 amide bonds. The molecular formula is C16H10Cl2FN3. The summed E-state index contributed by atoms with van der Waals surface area (Å²) < 4.78 is 13.0. The molecule has 3 rings (SSSR count). The van der Waals surface area contributed by atoms with E-state index in [1.807, 2.05) is 18.2 Å². The van der Waals surface area contributed by atoms with Crippen molar-refractivity contribution in [3.8, 4) is 11.4 Å². The Morgan fingerprint density at radius 3 is 2.36 bits per heavy atom. The van der Waals surface area contributed by atoms with Crippen LogP contribution in [-0.2, 0) is 0 Å². The van der Waals surface area contributed by atoms with Gasteiger partial charge >= 0.3 is 0 Å². The lowest BCUT2D eigenvalue weighted by atomic mass is 10.2. The molecule has 1 N–H and O–H groups in total. The van der Waals surface area contributed by atoms with Crippen LogP contribution in [0, 0.1) is 5.82 Å². The van der Waals surface area contributed by atoms with E-state index in [1.54, 1.807) is 24.3 Å². The van der Waals surface area contributed by atoms with Gasteiger partial charge in [0.2, 0.25) is 0 Å². The molecule has 0 saturated carbocycles. The van der Waals surface area contributed by atoms with Crippen molar-refractivity contribution >= 4 is 34.7 Å². The molecule has 110 valence electrons. The second-order valence-electron chi connectivity index (χ2n) is 4.51. The monoisotopic (exact) mass is 333 g/mol. The number of halogens is 3. The van der Waals surface area contributed by atoms with Gasteiger partial charge in [-0.25, -0.2) is 14.4 Å². The molecule has 0 aliphatic heterocycles. The van der Waals surface area contributed by atoms with Gasteiger partial charge in [-0.3, -0.25) is 0 Å². The first-order valence-corrected chi connectivity index (χ1v) is 7.19. The molecule has 0 spiro atoms. The summed E-state index contributed by atoms with van der Waals surface area (Å²) in [7, 11) is 0. The minimum atomic E-state index is -0.319. The smallest absolute Gasteiger partial charge is 0.163 e. The Kier molecular flexibility index (Phi) is 4.22. The van der Waals surface area contributed by atoms with Crippen LogP contribution < -0.4 is 5.32 Å². The standard InChI is InChI=1S/C16H10Cl2FN3/c17-12-3-1-2-4-13(12)20-15-9-14(18)21-16(22-15)10-5-7-11(19)8-6-10/h1-9H,(H,20,21,22). The second-order valence-corrected chi connectivity index (χ2v) is 5.31. The van der Waals surface area contributed by atoms with E-state index in [1.165, 1.54) is 12.1 Å². The number of aromatic nitrogens is 2. The van der Waals surface area contributed by atoms with Crippen LogP contribution in [0.3, 0.4) is 0 Å². The Morgan fingerprint density at radius 2 is 1.64 bits per heavy atom. The summed E-state index contributed by atoms with van der Waals surface area (Å²) in [6, 6.07) is 14.8. The van der Waals surface area contributed by atoms with Crippen LogP contribution in [-0.4, -0.2) is 9.97 Å². The highest BCUT2D eigenvalue weighted by Crippen LogP contribution is 2.26. The number of rotatable bonds is 3. The average molecular weight is 334 g/mol. The third-order valence-corrected chi connectivity index (χ3v) is 3.46. The van der Waals surface area contributed by atoms with Crippen molar-refractivity contribution in [1.82, 2.24) is 9.97 Å². The first kappa shape index (κ1) is 14.8. The SMILES string of the molecule is Fc1ccc(-c2nc(Cl)cc(Nc3ccccc3Cl)n2)cc1. The summed E-state index contributed by atoms with van der Waals surface area (Å²) in [5.41, 5.74) is 1.38. The minimum Gasteiger partial charge on any atom is -0.339 e. The molecule has 0 saturated heterocycles. The van der Waals surface area contributed by atoms with Gasteiger partial charge in [0.05, 0.1) is 10.7 Å². The Balaban J connectivity index is 1.96. The molecule has 0 aliphatic carbocycles. The molecular weight excluding hydrogens is 324 g/mol. The quantitative estimate of drug-likeness (QED) is 0.658. The lowest BCUT2D eigenvalue weighted by Gasteiger charge is -2.09. The normalized spacial score (nSPS) is 10.5. The molecule has 0 fully saturated rings. The summed E-state index contributed by atoms with van der Waals surface area (Å²) in [5, 5.41) is 3.94. The number of hydrogen-bond acceptors (Lipinski definition) is 3. The number of anilines is 2. The van der Waals surface area contributed by atoms with Crippen molar-refractivity contribution in [1.29, 1.82) is 0 Å². The predicted molar refractivity (Wildman–Crippen MR) is 87.2 cm³/mol. The zero-order valence-electron chi connectivity index (χ0n) is 11.2. The Labute approximate surface area is 136 Å². The summed E-state index contributed by atoms with van der Waals surface area (Å²) in [6.07, 6.45) is 0. The predicted octanol–water partition coefficient (Wildman–Crippen LogP) is 5.33. The van der Waals surface area contributed by atoms with Crippen LogP contribution in [0.4, 0.5) is 15.9 Å². The maximum absolute atomic E-state index is 13.0. The molecule has 3 aromatic rings. The van der Waals surface area contributed by atoms with E-state index >= 15 is 0 Å². The minimum absolute atomic E-state index is 0.281. The molecule has 0 aliphatic rings. The van der Waals surface area contributed by atoms with Gasteiger partial charge in [-0.1, -0.05) is 35.3 Å². The van der Waals surface area contributed by atoms with E-state index in [4.69, 9.17) is 23.2 Å². The highest BCUT2D eigenvalue weighted by atomic mass is 35.5. The van der Waals surface area contributed by atoms with Crippen LogP contribution in [0.2, 0.25) is 10.2 Å². The van der Waals surface area contributed by atoms with Gasteiger partial charge in [0.1, 0.15) is 16.8 Å². The highest BCUT2D eigenvalue weighted by molar-refractivity contribution is 6.33. The number of nitrogens with one attached hydrogen (secondary N) is 1. The van der Waals surface area contributed by atoms with Crippen molar-refractivity contribution in [2.75, 3.05) is 5.32 Å². The Morgan fingerprint density at radius 1 is 0.909 bits per heavy atom. The van der Waals surface area contributed by atoms with Gasteiger partial charge < -0.3 is 5.32 Å². The van der Waals surface area contributed by atoms with Gasteiger partial charge in [0, 0.05) is 11.6 Å². The number of nitrogens with zero attached hydrogens (tertiary/aromatic N) is 2. The van der Waals surface area contributed by atoms with Gasteiger partial charge in [0.25, 0.3) is 0 Å². The van der Waals surface area contributed by atoms with Gasteiger partial charge in [-0.05, 0) is 36.4 Å². The Bertz CT molecular complexity index is 807. The molecule has 0 radical (unpaired) electrons. The van der Waals surface area contributed by atoms with E-state index < -0.39 is 0 Å². The van der Waals surface area contributed by atoms with E-state index in [2.05, 4.69) is 15.3 Å². The molecule has 1 heterocycles. The number of para-hydroxylation sites is 1. The topological polar surface area (TPSA) is 37.8 Å². The largest absolute Gasteiger partial charge is 0.339 e. The van der Waals surface area contributed by atoms with E-state index in [0.29, 0.717) is 27.9 Å². The highest BCUT2D eigenvalue weighted by Gasteiger charge is 2.08. The van der Waals surface area contributed by atoms with Gasteiger partial charge in [-0.2, -0.15) is 0 Å². The summed E-state index contributed by atoms with van der Waals surface area (Å²) >= 11 is 12.1. The zero-order chi connectivity index (χ0) is 15.5. The van der Waals surface area contributed by atoms with Crippen molar-refractivity contribution in [2.24, 2.45) is 0 Å². The molecule has 0 atom stereocenters. The third kappa shape index (κ3) is 3.35. The molecule has 1 aromatic heterocycles. The van der Waals surface area contributed by atoms with Crippen LogP contribution in [0.25, 0.3) is 11.4 Å². The van der Waals surface area contributed by atoms with Crippen LogP contribution in [0.1, 0.15) is 0 Å². The van der Waals surface area contributed by atoms with E-state index in [0.717, 1.165) is 0 Å². The van der Waals surface area contributed by atoms with E-state index in [9.17, 15) is 4.39 Å². The summed E-state index contributed by atoms with van der Waals surface area (Å²) in [6.45, 7) is 0. The molecule has 2 aromatic carbocycles. The lowest BCUT2D eigenvalue weighted by molar-refractivity contribution is 0.628. The Hall–Kier alpha value is -2.17. The maximum atomic E-state index is 13.0. The van der Waals surface area contributed by atoms with Crippen molar-refractivity contribution in [2.45, 2.75) is 0 Å². The number of hydrogen-bond donors (Lipinski definition) is 1. The van der Waals surface area contributed by atoms with Gasteiger partial charge in [-0.15, -0.1) is 0 Å². The second kappa shape index (κ2) is 6.30. The fourth-order valence-electron chi connectivity index (χ4n) is 1.91. The molecule has 0 unspecified atom stereocenters. The molecule has 22 heavy (non-hydrogen) atoms. The fraction of sp³-hybridized carbons (Fsp3) is 0. The first-order valence-electron chi connectivity index (χ1n) is 6.44. The summed E-state index contributed by atoms with van der Waals surface area (Å²) in [5.74, 6) is 0.592. The number of benzene rings is 2. The van der Waals surface area contributed by atoms with Crippen molar-refractivity contribution < 1.29 is 4.39 Å². The van der Waals surface area contributed by atoms with Gasteiger partial charge in [0.15, 0.2) is 5.82 Å². The van der Waals surface area contributed by atoms with Crippen LogP contribution >= 0.6 is 23.2 Å².